The average Bonchev–Trinajstić information content (AvgIpc) is 2.11. The molecule has 0 spiro atoms. The van der Waals surface area contributed by atoms with Crippen LogP contribution in [0.15, 0.2) is 18.2 Å². The zero-order chi connectivity index (χ0) is 14.8. The molecule has 9 heteroatoms. The van der Waals surface area contributed by atoms with Crippen LogP contribution in [0.1, 0.15) is 18.6 Å². The molecule has 0 saturated heterocycles. The molecule has 0 aliphatic heterocycles. The Hall–Kier alpha value is -1.64. The first-order chi connectivity index (χ1) is 8.48. The van der Waals surface area contributed by atoms with Crippen LogP contribution in [0.4, 0.5) is 26.3 Å². The summed E-state index contributed by atoms with van der Waals surface area (Å²) in [5, 5.41) is 9.21. The largest absolute Gasteiger partial charge is 0.573 e. The van der Waals surface area contributed by atoms with Gasteiger partial charge in [-0.1, -0.05) is 0 Å². The van der Waals surface area contributed by atoms with Crippen molar-refractivity contribution in [2.75, 3.05) is 0 Å². The van der Waals surface area contributed by atoms with Crippen LogP contribution in [-0.2, 0) is 0 Å². The fraction of sp³-hybridized carbons (Fsp3) is 0.400. The molecule has 1 N–H and O–H groups in total. The van der Waals surface area contributed by atoms with Crippen molar-refractivity contribution in [3.63, 3.8) is 0 Å². The van der Waals surface area contributed by atoms with E-state index in [1.54, 1.807) is 0 Å². The lowest BCUT2D eigenvalue weighted by atomic mass is 10.1. The van der Waals surface area contributed by atoms with Crippen LogP contribution >= 0.6 is 0 Å². The number of aliphatic hydroxyl groups excluding tert-OH is 1. The van der Waals surface area contributed by atoms with Crippen molar-refractivity contribution in [2.24, 2.45) is 0 Å². The Bertz CT molecular complexity index is 438. The van der Waals surface area contributed by atoms with Crippen molar-refractivity contribution >= 4 is 0 Å². The lowest BCUT2D eigenvalue weighted by molar-refractivity contribution is -0.276. The highest BCUT2D eigenvalue weighted by Crippen LogP contribution is 2.35. The van der Waals surface area contributed by atoms with Gasteiger partial charge in [-0.15, -0.1) is 26.3 Å². The standard InChI is InChI=1S/C10H8F6O3/c1-5(17)7-3-2-6(18-9(11,12)13)4-8(7)19-10(14,15)16/h2-5,17H,1H3. The predicted octanol–water partition coefficient (Wildman–Crippen LogP) is 3.54. The maximum Gasteiger partial charge on any atom is 0.573 e. The highest BCUT2D eigenvalue weighted by molar-refractivity contribution is 5.42. The number of benzene rings is 1. The van der Waals surface area contributed by atoms with E-state index in [0.29, 0.717) is 6.07 Å². The molecule has 0 fully saturated rings. The van der Waals surface area contributed by atoms with E-state index < -0.39 is 30.3 Å². The molecule has 0 saturated carbocycles. The minimum atomic E-state index is -5.10. The monoisotopic (exact) mass is 290 g/mol. The predicted molar refractivity (Wildman–Crippen MR) is 50.4 cm³/mol. The fourth-order valence-corrected chi connectivity index (χ4v) is 1.27. The van der Waals surface area contributed by atoms with Gasteiger partial charge in [0.25, 0.3) is 0 Å². The van der Waals surface area contributed by atoms with Gasteiger partial charge in [-0.25, -0.2) is 0 Å². The molecule has 1 unspecified atom stereocenters. The van der Waals surface area contributed by atoms with Crippen molar-refractivity contribution in [1.82, 2.24) is 0 Å². The molecule has 1 rings (SSSR count). The minimum Gasteiger partial charge on any atom is -0.406 e. The summed E-state index contributed by atoms with van der Waals surface area (Å²) in [6.45, 7) is 1.14. The van der Waals surface area contributed by atoms with Crippen LogP contribution in [0, 0.1) is 0 Å². The van der Waals surface area contributed by atoms with Gasteiger partial charge in [0.2, 0.25) is 0 Å². The summed E-state index contributed by atoms with van der Waals surface area (Å²) in [6, 6.07) is 2.04. The van der Waals surface area contributed by atoms with Crippen LogP contribution in [0.3, 0.4) is 0 Å². The molecule has 0 aliphatic rings. The molecule has 1 aromatic carbocycles. The van der Waals surface area contributed by atoms with Gasteiger partial charge >= 0.3 is 12.7 Å². The molecular formula is C10H8F6O3. The zero-order valence-corrected chi connectivity index (χ0v) is 9.34. The van der Waals surface area contributed by atoms with Crippen LogP contribution < -0.4 is 9.47 Å². The van der Waals surface area contributed by atoms with Crippen molar-refractivity contribution in [3.8, 4) is 11.5 Å². The Balaban J connectivity index is 3.11. The number of alkyl halides is 6. The van der Waals surface area contributed by atoms with E-state index in [1.165, 1.54) is 0 Å². The summed E-state index contributed by atoms with van der Waals surface area (Å²) >= 11 is 0. The Morgan fingerprint density at radius 1 is 1.00 bits per heavy atom. The highest BCUT2D eigenvalue weighted by Gasteiger charge is 2.34. The molecule has 0 bridgehead atoms. The second kappa shape index (κ2) is 5.16. The van der Waals surface area contributed by atoms with Crippen molar-refractivity contribution in [3.05, 3.63) is 23.8 Å². The molecule has 1 atom stereocenters. The molecular weight excluding hydrogens is 282 g/mol. The third-order valence-corrected chi connectivity index (χ3v) is 1.89. The Morgan fingerprint density at radius 3 is 1.95 bits per heavy atom. The molecule has 19 heavy (non-hydrogen) atoms. The van der Waals surface area contributed by atoms with Crippen LogP contribution in [0.5, 0.6) is 11.5 Å². The number of aliphatic hydroxyl groups is 1. The summed E-state index contributed by atoms with van der Waals surface area (Å²) in [4.78, 5) is 0. The van der Waals surface area contributed by atoms with Gasteiger partial charge in [-0.3, -0.25) is 0 Å². The molecule has 0 amide bonds. The first kappa shape index (κ1) is 15.4. The fourth-order valence-electron chi connectivity index (χ4n) is 1.27. The first-order valence-electron chi connectivity index (χ1n) is 4.81. The summed E-state index contributed by atoms with van der Waals surface area (Å²) in [5.74, 6) is -1.83. The number of hydrogen-bond donors (Lipinski definition) is 1. The summed E-state index contributed by atoms with van der Waals surface area (Å²) in [5.41, 5.74) is -0.313. The van der Waals surface area contributed by atoms with E-state index >= 15 is 0 Å². The lowest BCUT2D eigenvalue weighted by Crippen LogP contribution is -2.20. The van der Waals surface area contributed by atoms with E-state index in [9.17, 15) is 31.4 Å². The summed E-state index contributed by atoms with van der Waals surface area (Å²) < 4.78 is 79.1. The molecule has 0 aliphatic carbocycles. The van der Waals surface area contributed by atoms with Gasteiger partial charge in [0.05, 0.1) is 6.10 Å². The van der Waals surface area contributed by atoms with Gasteiger partial charge in [0.15, 0.2) is 0 Å². The van der Waals surface area contributed by atoms with Crippen LogP contribution in [0.2, 0.25) is 0 Å². The van der Waals surface area contributed by atoms with Crippen molar-refractivity contribution in [1.29, 1.82) is 0 Å². The summed E-state index contributed by atoms with van der Waals surface area (Å²) in [7, 11) is 0. The van der Waals surface area contributed by atoms with Crippen LogP contribution in [-0.4, -0.2) is 17.8 Å². The first-order valence-corrected chi connectivity index (χ1v) is 4.81. The molecule has 0 heterocycles. The van der Waals surface area contributed by atoms with E-state index in [2.05, 4.69) is 9.47 Å². The minimum absolute atomic E-state index is 0.313. The van der Waals surface area contributed by atoms with Crippen molar-refractivity contribution in [2.45, 2.75) is 25.8 Å². The number of rotatable bonds is 3. The summed E-state index contributed by atoms with van der Waals surface area (Å²) in [6.07, 6.45) is -11.5. The van der Waals surface area contributed by atoms with Gasteiger partial charge < -0.3 is 14.6 Å². The maximum atomic E-state index is 12.1. The maximum absolute atomic E-state index is 12.1. The van der Waals surface area contributed by atoms with Crippen LogP contribution in [0.25, 0.3) is 0 Å². The van der Waals surface area contributed by atoms with Crippen molar-refractivity contribution < 1.29 is 40.9 Å². The van der Waals surface area contributed by atoms with Gasteiger partial charge in [0.1, 0.15) is 11.5 Å². The van der Waals surface area contributed by atoms with E-state index in [4.69, 9.17) is 0 Å². The third-order valence-electron chi connectivity index (χ3n) is 1.89. The normalized spacial score (nSPS) is 14.1. The second-order valence-electron chi connectivity index (χ2n) is 3.47. The number of ether oxygens (including phenoxy) is 2. The highest BCUT2D eigenvalue weighted by atomic mass is 19.4. The van der Waals surface area contributed by atoms with E-state index in [-0.39, 0.29) is 5.56 Å². The molecule has 3 nitrogen and oxygen atoms in total. The Labute approximate surface area is 103 Å². The van der Waals surface area contributed by atoms with Gasteiger partial charge in [0, 0.05) is 11.6 Å². The second-order valence-corrected chi connectivity index (χ2v) is 3.47. The van der Waals surface area contributed by atoms with E-state index in [0.717, 1.165) is 19.1 Å². The topological polar surface area (TPSA) is 38.7 Å². The molecule has 0 aromatic heterocycles. The molecule has 1 aromatic rings. The lowest BCUT2D eigenvalue weighted by Gasteiger charge is -2.16. The zero-order valence-electron chi connectivity index (χ0n) is 9.34. The van der Waals surface area contributed by atoms with E-state index in [1.807, 2.05) is 0 Å². The quantitative estimate of drug-likeness (QED) is 0.865. The SMILES string of the molecule is CC(O)c1ccc(OC(F)(F)F)cc1OC(F)(F)F. The number of hydrogen-bond acceptors (Lipinski definition) is 3. The van der Waals surface area contributed by atoms with Gasteiger partial charge in [-0.05, 0) is 19.1 Å². The Kier molecular flexibility index (Phi) is 4.18. The average molecular weight is 290 g/mol. The Morgan fingerprint density at radius 2 is 1.53 bits per heavy atom. The smallest absolute Gasteiger partial charge is 0.406 e. The molecule has 108 valence electrons. The number of halogens is 6. The van der Waals surface area contributed by atoms with Gasteiger partial charge in [-0.2, -0.15) is 0 Å². The molecule has 0 radical (unpaired) electrons. The third kappa shape index (κ3) is 5.25.